The first-order valence-electron chi connectivity index (χ1n) is 6.49. The number of unbranched alkanes of at least 4 members (excludes halogenated alkanes) is 1. The molecule has 0 saturated carbocycles. The third-order valence-electron chi connectivity index (χ3n) is 2.41. The van der Waals surface area contributed by atoms with Gasteiger partial charge >= 0.3 is 0 Å². The molecule has 0 spiro atoms. The van der Waals surface area contributed by atoms with Gasteiger partial charge in [0, 0.05) is 24.7 Å². The van der Waals surface area contributed by atoms with Crippen LogP contribution in [-0.4, -0.2) is 32.9 Å². The summed E-state index contributed by atoms with van der Waals surface area (Å²) in [5, 5.41) is 3.96. The summed E-state index contributed by atoms with van der Waals surface area (Å²) in [6, 6.07) is 7.43. The van der Waals surface area contributed by atoms with Crippen molar-refractivity contribution in [3.8, 4) is 5.75 Å². The van der Waals surface area contributed by atoms with Crippen LogP contribution in [0.3, 0.4) is 0 Å². The highest BCUT2D eigenvalue weighted by atomic mass is 35.5. The van der Waals surface area contributed by atoms with E-state index in [-0.39, 0.29) is 0 Å². The van der Waals surface area contributed by atoms with Crippen molar-refractivity contribution >= 4 is 11.6 Å². The Kier molecular flexibility index (Phi) is 8.65. The van der Waals surface area contributed by atoms with E-state index in [1.807, 2.05) is 24.3 Å². The highest BCUT2D eigenvalue weighted by Crippen LogP contribution is 2.16. The molecule has 0 fully saturated rings. The van der Waals surface area contributed by atoms with E-state index in [0.29, 0.717) is 11.6 Å². The zero-order valence-corrected chi connectivity index (χ0v) is 11.7. The van der Waals surface area contributed by atoms with E-state index in [1.165, 1.54) is 6.42 Å². The SMILES string of the molecule is CCCCOCCNCCOc1cccc(Cl)c1. The summed E-state index contributed by atoms with van der Waals surface area (Å²) in [6.07, 6.45) is 2.32. The molecule has 0 saturated heterocycles. The maximum atomic E-state index is 5.86. The average Bonchev–Trinajstić information content (AvgIpc) is 2.37. The molecule has 0 amide bonds. The Balaban J connectivity index is 1.92. The fourth-order valence-electron chi connectivity index (χ4n) is 1.42. The summed E-state index contributed by atoms with van der Waals surface area (Å²) in [4.78, 5) is 0. The lowest BCUT2D eigenvalue weighted by molar-refractivity contribution is 0.132. The van der Waals surface area contributed by atoms with Crippen molar-refractivity contribution in [2.24, 2.45) is 0 Å². The number of halogens is 1. The molecule has 3 nitrogen and oxygen atoms in total. The molecule has 0 bridgehead atoms. The lowest BCUT2D eigenvalue weighted by Gasteiger charge is -2.08. The van der Waals surface area contributed by atoms with Crippen molar-refractivity contribution in [1.82, 2.24) is 5.32 Å². The molecule has 0 atom stereocenters. The standard InChI is InChI=1S/C14H22ClNO2/c1-2-3-9-17-10-7-16-8-11-18-14-6-4-5-13(15)12-14/h4-6,12,16H,2-3,7-11H2,1H3. The van der Waals surface area contributed by atoms with Gasteiger partial charge in [-0.3, -0.25) is 0 Å². The minimum Gasteiger partial charge on any atom is -0.492 e. The molecule has 0 aromatic heterocycles. The molecule has 1 rings (SSSR count). The average molecular weight is 272 g/mol. The molecule has 0 unspecified atom stereocenters. The second-order valence-electron chi connectivity index (χ2n) is 4.02. The van der Waals surface area contributed by atoms with Gasteiger partial charge in [-0.15, -0.1) is 0 Å². The van der Waals surface area contributed by atoms with Gasteiger partial charge in [-0.2, -0.15) is 0 Å². The number of benzene rings is 1. The molecule has 0 aliphatic heterocycles. The summed E-state index contributed by atoms with van der Waals surface area (Å²) in [5.41, 5.74) is 0. The smallest absolute Gasteiger partial charge is 0.120 e. The fourth-order valence-corrected chi connectivity index (χ4v) is 1.60. The van der Waals surface area contributed by atoms with Crippen LogP contribution >= 0.6 is 11.6 Å². The minimum atomic E-state index is 0.634. The summed E-state index contributed by atoms with van der Waals surface area (Å²) in [7, 11) is 0. The Morgan fingerprint density at radius 3 is 2.78 bits per heavy atom. The number of hydrogen-bond donors (Lipinski definition) is 1. The highest BCUT2D eigenvalue weighted by molar-refractivity contribution is 6.30. The van der Waals surface area contributed by atoms with Crippen molar-refractivity contribution in [2.45, 2.75) is 19.8 Å². The molecule has 0 radical (unpaired) electrons. The van der Waals surface area contributed by atoms with Gasteiger partial charge < -0.3 is 14.8 Å². The molecule has 1 aromatic carbocycles. The molecule has 0 heterocycles. The van der Waals surface area contributed by atoms with Gasteiger partial charge in [0.05, 0.1) is 6.61 Å². The normalized spacial score (nSPS) is 10.6. The quantitative estimate of drug-likeness (QED) is 0.663. The zero-order valence-electron chi connectivity index (χ0n) is 11.0. The minimum absolute atomic E-state index is 0.634. The third kappa shape index (κ3) is 7.54. The van der Waals surface area contributed by atoms with Gasteiger partial charge in [-0.1, -0.05) is 31.0 Å². The van der Waals surface area contributed by atoms with E-state index in [0.717, 1.165) is 38.5 Å². The van der Waals surface area contributed by atoms with Crippen molar-refractivity contribution < 1.29 is 9.47 Å². The van der Waals surface area contributed by atoms with Crippen LogP contribution in [0.25, 0.3) is 0 Å². The molecule has 1 aromatic rings. The number of nitrogens with one attached hydrogen (secondary N) is 1. The van der Waals surface area contributed by atoms with Crippen molar-refractivity contribution in [1.29, 1.82) is 0 Å². The molecule has 1 N–H and O–H groups in total. The summed E-state index contributed by atoms with van der Waals surface area (Å²) in [6.45, 7) is 6.09. The second kappa shape index (κ2) is 10.2. The van der Waals surface area contributed by atoms with Gasteiger partial charge in [0.1, 0.15) is 12.4 Å². The van der Waals surface area contributed by atoms with E-state index < -0.39 is 0 Å². The van der Waals surface area contributed by atoms with Crippen molar-refractivity contribution in [3.63, 3.8) is 0 Å². The van der Waals surface area contributed by atoms with E-state index in [1.54, 1.807) is 0 Å². The van der Waals surface area contributed by atoms with Crippen molar-refractivity contribution in [2.75, 3.05) is 32.9 Å². The maximum absolute atomic E-state index is 5.86. The lowest BCUT2D eigenvalue weighted by atomic mass is 10.3. The molecule has 18 heavy (non-hydrogen) atoms. The Morgan fingerprint density at radius 1 is 1.17 bits per heavy atom. The highest BCUT2D eigenvalue weighted by Gasteiger charge is 1.94. The predicted molar refractivity (Wildman–Crippen MR) is 75.5 cm³/mol. The second-order valence-corrected chi connectivity index (χ2v) is 4.46. The fraction of sp³-hybridized carbons (Fsp3) is 0.571. The van der Waals surface area contributed by atoms with Gasteiger partial charge in [0.2, 0.25) is 0 Å². The van der Waals surface area contributed by atoms with Crippen LogP contribution < -0.4 is 10.1 Å². The first-order valence-corrected chi connectivity index (χ1v) is 6.87. The van der Waals surface area contributed by atoms with Crippen LogP contribution in [0.2, 0.25) is 5.02 Å². The lowest BCUT2D eigenvalue weighted by Crippen LogP contribution is -2.25. The molecule has 4 heteroatoms. The Morgan fingerprint density at radius 2 is 2.00 bits per heavy atom. The molecular weight excluding hydrogens is 250 g/mol. The molecule has 0 aliphatic rings. The summed E-state index contributed by atoms with van der Waals surface area (Å²) in [5.74, 6) is 0.809. The Labute approximate surface area is 114 Å². The predicted octanol–water partition coefficient (Wildman–Crippen LogP) is 3.13. The summed E-state index contributed by atoms with van der Waals surface area (Å²) >= 11 is 5.86. The maximum Gasteiger partial charge on any atom is 0.120 e. The first kappa shape index (κ1) is 15.3. The topological polar surface area (TPSA) is 30.5 Å². The van der Waals surface area contributed by atoms with E-state index >= 15 is 0 Å². The largest absolute Gasteiger partial charge is 0.492 e. The van der Waals surface area contributed by atoms with Gasteiger partial charge in [0.25, 0.3) is 0 Å². The molecule has 0 aliphatic carbocycles. The van der Waals surface area contributed by atoms with Gasteiger partial charge in [0.15, 0.2) is 0 Å². The van der Waals surface area contributed by atoms with Crippen LogP contribution in [0.15, 0.2) is 24.3 Å². The monoisotopic (exact) mass is 271 g/mol. The third-order valence-corrected chi connectivity index (χ3v) is 2.64. The number of ether oxygens (including phenoxy) is 2. The number of rotatable bonds is 10. The van der Waals surface area contributed by atoms with Crippen LogP contribution in [-0.2, 0) is 4.74 Å². The van der Waals surface area contributed by atoms with Crippen molar-refractivity contribution in [3.05, 3.63) is 29.3 Å². The first-order chi connectivity index (χ1) is 8.83. The zero-order chi connectivity index (χ0) is 13.1. The van der Waals surface area contributed by atoms with Gasteiger partial charge in [-0.05, 0) is 24.6 Å². The van der Waals surface area contributed by atoms with E-state index in [2.05, 4.69) is 12.2 Å². The van der Waals surface area contributed by atoms with E-state index in [4.69, 9.17) is 21.1 Å². The van der Waals surface area contributed by atoms with Crippen LogP contribution in [0, 0.1) is 0 Å². The summed E-state index contributed by atoms with van der Waals surface area (Å²) < 4.78 is 11.0. The Hall–Kier alpha value is -0.770. The van der Waals surface area contributed by atoms with E-state index in [9.17, 15) is 0 Å². The van der Waals surface area contributed by atoms with Crippen LogP contribution in [0.1, 0.15) is 19.8 Å². The Bertz CT molecular complexity index is 320. The number of hydrogen-bond acceptors (Lipinski definition) is 3. The van der Waals surface area contributed by atoms with Crippen LogP contribution in [0.5, 0.6) is 5.75 Å². The van der Waals surface area contributed by atoms with Crippen LogP contribution in [0.4, 0.5) is 0 Å². The molecule has 102 valence electrons. The molecular formula is C14H22ClNO2. The van der Waals surface area contributed by atoms with Gasteiger partial charge in [-0.25, -0.2) is 0 Å².